The van der Waals surface area contributed by atoms with Crippen molar-refractivity contribution in [3.8, 4) is 0 Å². The van der Waals surface area contributed by atoms with Crippen molar-refractivity contribution < 1.29 is 9.53 Å². The highest BCUT2D eigenvalue weighted by atomic mass is 32.1. The second kappa shape index (κ2) is 4.92. The van der Waals surface area contributed by atoms with Crippen LogP contribution in [0.1, 0.15) is 0 Å². The number of fused-ring (bicyclic) bond motifs is 4. The number of hydrogen-bond donors (Lipinski definition) is 0. The normalized spacial score (nSPS) is 26.2. The molecule has 4 rings (SSSR count). The minimum atomic E-state index is -0.119. The molecule has 0 saturated carbocycles. The molecule has 2 aromatic heterocycles. The van der Waals surface area contributed by atoms with E-state index in [0.29, 0.717) is 19.8 Å². The van der Waals surface area contributed by atoms with Crippen molar-refractivity contribution in [2.75, 3.05) is 38.3 Å². The first-order valence-corrected chi connectivity index (χ1v) is 7.89. The van der Waals surface area contributed by atoms with Crippen molar-refractivity contribution in [2.45, 2.75) is 6.04 Å². The molecule has 2 fully saturated rings. The molecule has 6 nitrogen and oxygen atoms in total. The van der Waals surface area contributed by atoms with E-state index in [1.165, 1.54) is 0 Å². The summed E-state index contributed by atoms with van der Waals surface area (Å²) < 4.78 is 5.64. The van der Waals surface area contributed by atoms with Crippen LogP contribution in [0.15, 0.2) is 17.8 Å². The maximum absolute atomic E-state index is 12.4. The van der Waals surface area contributed by atoms with Gasteiger partial charge in [0.1, 0.15) is 17.0 Å². The van der Waals surface area contributed by atoms with Gasteiger partial charge in [0.15, 0.2) is 0 Å². The number of hydrogen-bond acceptors (Lipinski definition) is 6. The minimum Gasteiger partial charge on any atom is -0.378 e. The first kappa shape index (κ1) is 13.0. The molecule has 2 saturated heterocycles. The second-order valence-electron chi connectivity index (χ2n) is 5.58. The van der Waals surface area contributed by atoms with E-state index in [-0.39, 0.29) is 17.9 Å². The molecular formula is C14H16N4O2S. The Hall–Kier alpha value is -1.73. The van der Waals surface area contributed by atoms with E-state index in [1.807, 2.05) is 17.3 Å². The number of likely N-dealkylation sites (N-methyl/N-ethyl adjacent to an activating group) is 1. The van der Waals surface area contributed by atoms with Gasteiger partial charge < -0.3 is 14.5 Å². The lowest BCUT2D eigenvalue weighted by atomic mass is 10.1. The molecule has 0 spiro atoms. The summed E-state index contributed by atoms with van der Waals surface area (Å²) in [6.07, 6.45) is 1.61. The Morgan fingerprint density at radius 2 is 2.24 bits per heavy atom. The van der Waals surface area contributed by atoms with Gasteiger partial charge in [-0.15, -0.1) is 11.3 Å². The van der Waals surface area contributed by atoms with Gasteiger partial charge in [-0.2, -0.15) is 0 Å². The largest absolute Gasteiger partial charge is 0.378 e. The maximum Gasteiger partial charge on any atom is 0.229 e. The maximum atomic E-state index is 12.4. The lowest BCUT2D eigenvalue weighted by Gasteiger charge is -2.30. The zero-order chi connectivity index (χ0) is 14.4. The molecule has 7 heteroatoms. The van der Waals surface area contributed by atoms with Crippen LogP contribution in [0.5, 0.6) is 0 Å². The lowest BCUT2D eigenvalue weighted by molar-refractivity contribution is -0.133. The van der Waals surface area contributed by atoms with E-state index < -0.39 is 0 Å². The van der Waals surface area contributed by atoms with E-state index in [0.717, 1.165) is 22.6 Å². The highest BCUT2D eigenvalue weighted by Crippen LogP contribution is 2.30. The molecule has 0 aromatic carbocycles. The fraction of sp³-hybridized carbons (Fsp3) is 0.500. The molecule has 110 valence electrons. The number of amides is 1. The molecule has 0 aliphatic carbocycles. The third kappa shape index (κ3) is 2.08. The van der Waals surface area contributed by atoms with E-state index in [9.17, 15) is 4.79 Å². The summed E-state index contributed by atoms with van der Waals surface area (Å²) >= 11 is 1.61. The summed E-state index contributed by atoms with van der Waals surface area (Å²) in [6.45, 7) is 2.49. The van der Waals surface area contributed by atoms with Gasteiger partial charge in [0.2, 0.25) is 5.91 Å². The van der Waals surface area contributed by atoms with Crippen LogP contribution in [-0.4, -0.2) is 60.2 Å². The van der Waals surface area contributed by atoms with Gasteiger partial charge in [-0.05, 0) is 11.4 Å². The van der Waals surface area contributed by atoms with Crippen molar-refractivity contribution in [3.63, 3.8) is 0 Å². The number of ether oxygens (including phenoxy) is 1. The Bertz CT molecular complexity index is 688. The summed E-state index contributed by atoms with van der Waals surface area (Å²) in [6, 6.07) is 2.13. The van der Waals surface area contributed by atoms with E-state index in [4.69, 9.17) is 4.74 Å². The van der Waals surface area contributed by atoms with Crippen LogP contribution in [-0.2, 0) is 9.53 Å². The molecule has 0 radical (unpaired) electrons. The van der Waals surface area contributed by atoms with Crippen molar-refractivity contribution >= 4 is 33.3 Å². The number of rotatable bonds is 1. The molecule has 2 bridgehead atoms. The third-order valence-electron chi connectivity index (χ3n) is 4.29. The van der Waals surface area contributed by atoms with Gasteiger partial charge in [0.05, 0.1) is 30.6 Å². The first-order chi connectivity index (χ1) is 10.2. The molecule has 4 heterocycles. The van der Waals surface area contributed by atoms with Gasteiger partial charge in [0, 0.05) is 20.1 Å². The topological polar surface area (TPSA) is 58.6 Å². The monoisotopic (exact) mass is 304 g/mol. The number of aromatic nitrogens is 2. The summed E-state index contributed by atoms with van der Waals surface area (Å²) in [5.74, 6) is 0.989. The van der Waals surface area contributed by atoms with Crippen LogP contribution in [0.3, 0.4) is 0 Å². The van der Waals surface area contributed by atoms with Gasteiger partial charge >= 0.3 is 0 Å². The van der Waals surface area contributed by atoms with Crippen molar-refractivity contribution in [1.29, 1.82) is 0 Å². The van der Waals surface area contributed by atoms with Crippen LogP contribution < -0.4 is 4.90 Å². The fourth-order valence-electron chi connectivity index (χ4n) is 3.10. The van der Waals surface area contributed by atoms with Crippen LogP contribution >= 0.6 is 11.3 Å². The smallest absolute Gasteiger partial charge is 0.229 e. The van der Waals surface area contributed by atoms with E-state index in [1.54, 1.807) is 17.7 Å². The molecule has 0 unspecified atom stereocenters. The van der Waals surface area contributed by atoms with Crippen molar-refractivity contribution in [3.05, 3.63) is 17.8 Å². The second-order valence-corrected chi connectivity index (χ2v) is 6.47. The van der Waals surface area contributed by atoms with Crippen LogP contribution in [0.4, 0.5) is 5.82 Å². The number of carbonyl (C=O) groups is 1. The number of carbonyl (C=O) groups excluding carboxylic acids is 1. The average molecular weight is 304 g/mol. The Balaban J connectivity index is 1.76. The molecular weight excluding hydrogens is 288 g/mol. The summed E-state index contributed by atoms with van der Waals surface area (Å²) in [4.78, 5) is 26.2. The quantitative estimate of drug-likeness (QED) is 0.786. The molecule has 2 atom stereocenters. The Morgan fingerprint density at radius 3 is 3.14 bits per heavy atom. The molecule has 2 aliphatic rings. The minimum absolute atomic E-state index is 0.0775. The highest BCUT2D eigenvalue weighted by molar-refractivity contribution is 7.16. The van der Waals surface area contributed by atoms with Gasteiger partial charge in [-0.3, -0.25) is 4.79 Å². The third-order valence-corrected chi connectivity index (χ3v) is 5.11. The summed E-state index contributed by atoms with van der Waals surface area (Å²) in [5.41, 5.74) is 0. The van der Waals surface area contributed by atoms with E-state index >= 15 is 0 Å². The zero-order valence-electron chi connectivity index (χ0n) is 11.7. The zero-order valence-corrected chi connectivity index (χ0v) is 12.5. The summed E-state index contributed by atoms with van der Waals surface area (Å²) in [5, 5.41) is 3.10. The predicted octanol–water partition coefficient (Wildman–Crippen LogP) is 0.985. The first-order valence-electron chi connectivity index (χ1n) is 7.01. The van der Waals surface area contributed by atoms with Crippen LogP contribution in [0, 0.1) is 5.92 Å². The number of anilines is 1. The molecule has 2 aliphatic heterocycles. The number of thiophene rings is 1. The Morgan fingerprint density at radius 1 is 1.33 bits per heavy atom. The standard InChI is InChI=1S/C14H16N4O2S/c1-17-10-5-18(4-9(14(17)19)6-20-7-10)12-11-2-3-21-13(11)16-8-15-12/h2-3,8-10H,4-7H2,1H3/t9-,10+/m1/s1. The SMILES string of the molecule is CN1C(=O)[C@H]2COC[C@@H]1CN(c1ncnc3sccc13)C2. The van der Waals surface area contributed by atoms with Crippen LogP contribution in [0.25, 0.3) is 10.2 Å². The average Bonchev–Trinajstić information content (AvgIpc) is 2.86. The van der Waals surface area contributed by atoms with Gasteiger partial charge in [-0.1, -0.05) is 0 Å². The van der Waals surface area contributed by atoms with Crippen LogP contribution in [0.2, 0.25) is 0 Å². The lowest BCUT2D eigenvalue weighted by Crippen LogP contribution is -2.43. The van der Waals surface area contributed by atoms with Gasteiger partial charge in [0.25, 0.3) is 0 Å². The Labute approximate surface area is 126 Å². The summed E-state index contributed by atoms with van der Waals surface area (Å²) in [7, 11) is 1.87. The van der Waals surface area contributed by atoms with Gasteiger partial charge in [-0.25, -0.2) is 9.97 Å². The molecule has 0 N–H and O–H groups in total. The predicted molar refractivity (Wildman–Crippen MR) is 80.5 cm³/mol. The Kier molecular flexibility index (Phi) is 3.04. The number of nitrogens with zero attached hydrogens (tertiary/aromatic N) is 4. The molecule has 21 heavy (non-hydrogen) atoms. The van der Waals surface area contributed by atoms with Crippen molar-refractivity contribution in [2.24, 2.45) is 5.92 Å². The fourth-order valence-corrected chi connectivity index (χ4v) is 3.83. The molecule has 2 aromatic rings. The van der Waals surface area contributed by atoms with E-state index in [2.05, 4.69) is 20.9 Å². The highest BCUT2D eigenvalue weighted by Gasteiger charge is 2.38. The molecule has 1 amide bonds. The van der Waals surface area contributed by atoms with Crippen molar-refractivity contribution in [1.82, 2.24) is 14.9 Å².